The van der Waals surface area contributed by atoms with Gasteiger partial charge in [0.05, 0.1) is 17.4 Å². The Labute approximate surface area is 190 Å². The van der Waals surface area contributed by atoms with Crippen LogP contribution in [0.3, 0.4) is 0 Å². The van der Waals surface area contributed by atoms with Crippen molar-refractivity contribution in [3.05, 3.63) is 83.4 Å². The largest absolute Gasteiger partial charge is 0.399 e. The molecular formula is C25H29N3O3S. The van der Waals surface area contributed by atoms with E-state index in [1.807, 2.05) is 0 Å². The average molecular weight is 452 g/mol. The van der Waals surface area contributed by atoms with E-state index in [4.69, 9.17) is 15.5 Å². The molecule has 32 heavy (non-hydrogen) atoms. The molecule has 6 nitrogen and oxygen atoms in total. The summed E-state index contributed by atoms with van der Waals surface area (Å²) in [5, 5.41) is 8.91. The van der Waals surface area contributed by atoms with E-state index >= 15 is 0 Å². The number of nitrogen functional groups attached to an aromatic ring is 1. The maximum absolute atomic E-state index is 10.7. The quantitative estimate of drug-likeness (QED) is 0.382. The number of nitrogens with zero attached hydrogens (tertiary/aromatic N) is 2. The lowest BCUT2D eigenvalue weighted by Crippen LogP contribution is -2.19. The van der Waals surface area contributed by atoms with E-state index in [2.05, 4.69) is 73.3 Å². The second kappa shape index (κ2) is 11.3. The van der Waals surface area contributed by atoms with Crippen LogP contribution in [-0.4, -0.2) is 19.5 Å². The Bertz CT molecular complexity index is 1200. The summed E-state index contributed by atoms with van der Waals surface area (Å²) < 4.78 is 30.1. The molecule has 0 aliphatic carbocycles. The highest BCUT2D eigenvalue weighted by Crippen LogP contribution is 2.29. The predicted octanol–water partition coefficient (Wildman–Crippen LogP) is 5.43. The highest BCUT2D eigenvalue weighted by Gasteiger charge is 2.13. The van der Waals surface area contributed by atoms with E-state index in [0.717, 1.165) is 18.7 Å². The number of nitrogens with two attached hydrogens (primary N) is 1. The SMILES string of the molecule is CCc1ccccc1N(CCC#N)c1cccc(C)c1.Cc1ccc(N)cc1S(=O)(=O)O. The monoisotopic (exact) mass is 451 g/mol. The van der Waals surface area contributed by atoms with E-state index in [0.29, 0.717) is 17.7 Å². The molecule has 3 N–H and O–H groups in total. The molecule has 0 atom stereocenters. The zero-order valence-electron chi connectivity index (χ0n) is 18.6. The first kappa shape index (κ1) is 24.9. The molecule has 0 unspecified atom stereocenters. The van der Waals surface area contributed by atoms with Gasteiger partial charge in [-0.2, -0.15) is 13.7 Å². The summed E-state index contributed by atoms with van der Waals surface area (Å²) >= 11 is 0. The molecule has 0 spiro atoms. The van der Waals surface area contributed by atoms with Gasteiger partial charge in [0.25, 0.3) is 10.1 Å². The number of benzene rings is 3. The third-order valence-corrected chi connectivity index (χ3v) is 5.91. The van der Waals surface area contributed by atoms with Crippen LogP contribution in [0.2, 0.25) is 0 Å². The number of hydrogen-bond acceptors (Lipinski definition) is 5. The molecule has 3 aromatic carbocycles. The third-order valence-electron chi connectivity index (χ3n) is 4.91. The lowest BCUT2D eigenvalue weighted by atomic mass is 10.1. The van der Waals surface area contributed by atoms with Gasteiger partial charge >= 0.3 is 0 Å². The van der Waals surface area contributed by atoms with E-state index in [1.54, 1.807) is 19.1 Å². The number of hydrogen-bond donors (Lipinski definition) is 2. The van der Waals surface area contributed by atoms with Gasteiger partial charge in [-0.15, -0.1) is 0 Å². The Balaban J connectivity index is 0.000000258. The summed E-state index contributed by atoms with van der Waals surface area (Å²) in [6, 6.07) is 23.5. The normalized spacial score (nSPS) is 10.6. The maximum Gasteiger partial charge on any atom is 0.294 e. The van der Waals surface area contributed by atoms with Crippen molar-refractivity contribution in [1.82, 2.24) is 0 Å². The Kier molecular flexibility index (Phi) is 8.82. The molecule has 0 bridgehead atoms. The molecular weight excluding hydrogens is 422 g/mol. The van der Waals surface area contributed by atoms with E-state index in [1.165, 1.54) is 22.9 Å². The van der Waals surface area contributed by atoms with E-state index in [9.17, 15) is 8.42 Å². The first-order valence-electron chi connectivity index (χ1n) is 10.3. The predicted molar refractivity (Wildman–Crippen MR) is 130 cm³/mol. The van der Waals surface area contributed by atoms with Crippen molar-refractivity contribution >= 4 is 27.2 Å². The number of aryl methyl sites for hydroxylation is 3. The van der Waals surface area contributed by atoms with Crippen LogP contribution in [0.4, 0.5) is 17.1 Å². The second-order valence-corrected chi connectivity index (χ2v) is 8.77. The minimum absolute atomic E-state index is 0.137. The smallest absolute Gasteiger partial charge is 0.294 e. The summed E-state index contributed by atoms with van der Waals surface area (Å²) in [5.41, 5.74) is 11.0. The molecule has 7 heteroatoms. The maximum atomic E-state index is 10.7. The molecule has 0 saturated heterocycles. The second-order valence-electron chi connectivity index (χ2n) is 7.38. The molecule has 0 radical (unpaired) electrons. The highest BCUT2D eigenvalue weighted by molar-refractivity contribution is 7.85. The van der Waals surface area contributed by atoms with Gasteiger partial charge in [-0.25, -0.2) is 0 Å². The summed E-state index contributed by atoms with van der Waals surface area (Å²) in [7, 11) is -4.14. The minimum atomic E-state index is -4.14. The van der Waals surface area contributed by atoms with Crippen LogP contribution >= 0.6 is 0 Å². The van der Waals surface area contributed by atoms with Crippen molar-refractivity contribution in [2.45, 2.75) is 38.5 Å². The van der Waals surface area contributed by atoms with E-state index in [-0.39, 0.29) is 4.90 Å². The van der Waals surface area contributed by atoms with Gasteiger partial charge in [0.1, 0.15) is 0 Å². The summed E-state index contributed by atoms with van der Waals surface area (Å²) in [6.45, 7) is 6.56. The number of rotatable bonds is 6. The number of para-hydroxylation sites is 1. The molecule has 3 rings (SSSR count). The zero-order valence-corrected chi connectivity index (χ0v) is 19.4. The molecule has 168 valence electrons. The van der Waals surface area contributed by atoms with Gasteiger partial charge in [0.15, 0.2) is 0 Å². The Morgan fingerprint density at radius 1 is 1.03 bits per heavy atom. The first-order chi connectivity index (χ1) is 15.2. The van der Waals surface area contributed by atoms with Crippen molar-refractivity contribution in [3.8, 4) is 6.07 Å². The molecule has 0 amide bonds. The Morgan fingerprint density at radius 3 is 2.34 bits per heavy atom. The lowest BCUT2D eigenvalue weighted by Gasteiger charge is -2.26. The van der Waals surface area contributed by atoms with Gasteiger partial charge in [-0.1, -0.05) is 43.3 Å². The van der Waals surface area contributed by atoms with Crippen molar-refractivity contribution in [2.24, 2.45) is 0 Å². The average Bonchev–Trinajstić information content (AvgIpc) is 2.76. The fraction of sp³-hybridized carbons (Fsp3) is 0.240. The van der Waals surface area contributed by atoms with Gasteiger partial charge in [0.2, 0.25) is 0 Å². The Hall–Kier alpha value is -3.34. The lowest BCUT2D eigenvalue weighted by molar-refractivity contribution is 0.482. The van der Waals surface area contributed by atoms with Gasteiger partial charge in [0, 0.05) is 23.6 Å². The Morgan fingerprint density at radius 2 is 1.75 bits per heavy atom. The highest BCUT2D eigenvalue weighted by atomic mass is 32.2. The van der Waals surface area contributed by atoms with E-state index < -0.39 is 10.1 Å². The summed E-state index contributed by atoms with van der Waals surface area (Å²) in [4.78, 5) is 2.11. The van der Waals surface area contributed by atoms with Gasteiger partial charge in [-0.3, -0.25) is 4.55 Å². The van der Waals surface area contributed by atoms with Crippen LogP contribution in [0.15, 0.2) is 71.6 Å². The topological polar surface area (TPSA) is 107 Å². The van der Waals surface area contributed by atoms with Crippen LogP contribution in [0, 0.1) is 25.2 Å². The fourth-order valence-electron chi connectivity index (χ4n) is 3.31. The van der Waals surface area contributed by atoms with Crippen molar-refractivity contribution in [1.29, 1.82) is 5.26 Å². The minimum Gasteiger partial charge on any atom is -0.399 e. The molecule has 0 aliphatic rings. The van der Waals surface area contributed by atoms with Crippen LogP contribution < -0.4 is 10.6 Å². The van der Waals surface area contributed by atoms with Crippen molar-refractivity contribution in [2.75, 3.05) is 17.2 Å². The molecule has 0 aliphatic heterocycles. The number of nitriles is 1. The van der Waals surface area contributed by atoms with Crippen molar-refractivity contribution in [3.63, 3.8) is 0 Å². The third kappa shape index (κ3) is 6.84. The fourth-order valence-corrected chi connectivity index (χ4v) is 4.07. The van der Waals surface area contributed by atoms with Gasteiger partial charge < -0.3 is 10.6 Å². The molecule has 0 heterocycles. The van der Waals surface area contributed by atoms with Crippen LogP contribution in [0.5, 0.6) is 0 Å². The molecule has 0 fully saturated rings. The van der Waals surface area contributed by atoms with Crippen LogP contribution in [-0.2, 0) is 16.5 Å². The number of anilines is 3. The first-order valence-corrected chi connectivity index (χ1v) is 11.7. The molecule has 3 aromatic rings. The van der Waals surface area contributed by atoms with Crippen molar-refractivity contribution < 1.29 is 13.0 Å². The molecule has 0 saturated carbocycles. The zero-order chi connectivity index (χ0) is 23.7. The summed E-state index contributed by atoms with van der Waals surface area (Å²) in [6.07, 6.45) is 1.51. The standard InChI is InChI=1S/C18H20N2.C7H9NO3S/c1-3-16-9-4-5-11-18(16)20(13-7-12-19)17-10-6-8-15(2)14-17;1-5-2-3-6(8)4-7(5)12(9,10)11/h4-6,8-11,14H,3,7,13H2,1-2H3;2-4H,8H2,1H3,(H,9,10,11). The van der Waals surface area contributed by atoms with Gasteiger partial charge in [-0.05, 0) is 67.3 Å². The summed E-state index contributed by atoms with van der Waals surface area (Å²) in [5.74, 6) is 0. The van der Waals surface area contributed by atoms with Crippen LogP contribution in [0.1, 0.15) is 30.0 Å². The molecule has 0 aromatic heterocycles. The van der Waals surface area contributed by atoms with Crippen LogP contribution in [0.25, 0.3) is 0 Å².